The summed E-state index contributed by atoms with van der Waals surface area (Å²) in [5.74, 6) is -0.186. The van der Waals surface area contributed by atoms with E-state index in [0.717, 1.165) is 21.2 Å². The first-order chi connectivity index (χ1) is 19.9. The highest BCUT2D eigenvalue weighted by Crippen LogP contribution is 2.44. The smallest absolute Gasteiger partial charge is 0.355 e. The van der Waals surface area contributed by atoms with Crippen LogP contribution in [0.4, 0.5) is 4.39 Å². The van der Waals surface area contributed by atoms with E-state index in [1.165, 1.54) is 23.5 Å². The van der Waals surface area contributed by atoms with Crippen molar-refractivity contribution in [1.82, 2.24) is 0 Å². The van der Waals surface area contributed by atoms with Crippen LogP contribution in [0.25, 0.3) is 10.1 Å². The fourth-order valence-electron chi connectivity index (χ4n) is 4.64. The average Bonchev–Trinajstić information content (AvgIpc) is 3.33. The number of thiophene rings is 1. The van der Waals surface area contributed by atoms with E-state index in [4.69, 9.17) is 31.5 Å². The van der Waals surface area contributed by atoms with Crippen molar-refractivity contribution in [2.75, 3.05) is 0 Å². The molecule has 2 N–H and O–H groups in total. The van der Waals surface area contributed by atoms with Crippen LogP contribution in [0.5, 0.6) is 17.2 Å². The molecule has 1 aliphatic rings. The number of benzene rings is 4. The molecule has 202 valence electrons. The normalized spacial score (nSPS) is 14.2. The number of rotatable bonds is 6. The average molecular weight is 583 g/mol. The van der Waals surface area contributed by atoms with Crippen molar-refractivity contribution in [2.45, 2.75) is 12.5 Å². The summed E-state index contributed by atoms with van der Waals surface area (Å²) in [6.45, 7) is 0.282. The molecule has 0 spiro atoms. The molecule has 4 aromatic carbocycles. The Morgan fingerprint density at radius 3 is 2.49 bits per heavy atom. The van der Waals surface area contributed by atoms with E-state index in [-0.39, 0.29) is 29.6 Å². The van der Waals surface area contributed by atoms with Gasteiger partial charge in [0.1, 0.15) is 46.2 Å². The molecule has 0 amide bonds. The van der Waals surface area contributed by atoms with Crippen LogP contribution < -0.4 is 19.9 Å². The number of ether oxygens (including phenoxy) is 3. The Kier molecular flexibility index (Phi) is 7.06. The lowest BCUT2D eigenvalue weighted by Gasteiger charge is -2.26. The highest BCUT2D eigenvalue weighted by atomic mass is 35.5. The molecular formula is C32H20ClFN2O4S. The highest BCUT2D eigenvalue weighted by Gasteiger charge is 2.31. The summed E-state index contributed by atoms with van der Waals surface area (Å²) in [5.41, 5.74) is 8.74. The topological polar surface area (TPSA) is 94.6 Å². The number of hydrogen-bond donors (Lipinski definition) is 1. The minimum absolute atomic E-state index is 0.0299. The lowest BCUT2D eigenvalue weighted by molar-refractivity contribution is 0.0740. The summed E-state index contributed by atoms with van der Waals surface area (Å²) < 4.78 is 31.3. The molecule has 1 aliphatic heterocycles. The molecule has 1 atom stereocenters. The van der Waals surface area contributed by atoms with E-state index in [1.807, 2.05) is 36.4 Å². The van der Waals surface area contributed by atoms with Gasteiger partial charge >= 0.3 is 5.97 Å². The van der Waals surface area contributed by atoms with Crippen molar-refractivity contribution in [3.63, 3.8) is 0 Å². The molecule has 0 bridgehead atoms. The van der Waals surface area contributed by atoms with Crippen LogP contribution in [0.1, 0.15) is 32.3 Å². The first-order valence-electron chi connectivity index (χ1n) is 12.5. The molecular weight excluding hydrogens is 563 g/mol. The molecule has 0 saturated heterocycles. The second-order valence-electron chi connectivity index (χ2n) is 9.24. The summed E-state index contributed by atoms with van der Waals surface area (Å²) >= 11 is 7.71. The molecule has 1 unspecified atom stereocenters. The van der Waals surface area contributed by atoms with E-state index < -0.39 is 11.9 Å². The Hall–Kier alpha value is -4.84. The summed E-state index contributed by atoms with van der Waals surface area (Å²) in [7, 11) is 0. The number of halogens is 2. The maximum atomic E-state index is 13.2. The van der Waals surface area contributed by atoms with Crippen molar-refractivity contribution in [2.24, 2.45) is 5.73 Å². The molecule has 0 aliphatic carbocycles. The number of nitrogens with zero attached hydrogens (tertiary/aromatic N) is 1. The highest BCUT2D eigenvalue weighted by molar-refractivity contribution is 7.21. The molecule has 1 aromatic heterocycles. The number of carbonyl (C=O) groups is 1. The van der Waals surface area contributed by atoms with E-state index >= 15 is 0 Å². The zero-order chi connectivity index (χ0) is 28.5. The van der Waals surface area contributed by atoms with Gasteiger partial charge in [0.2, 0.25) is 5.88 Å². The Morgan fingerprint density at radius 2 is 1.76 bits per heavy atom. The predicted octanol–water partition coefficient (Wildman–Crippen LogP) is 7.71. The van der Waals surface area contributed by atoms with Gasteiger partial charge in [-0.1, -0.05) is 60.1 Å². The van der Waals surface area contributed by atoms with Gasteiger partial charge in [-0.15, -0.1) is 11.3 Å². The molecule has 6 rings (SSSR count). The molecule has 41 heavy (non-hydrogen) atoms. The second kappa shape index (κ2) is 11.0. The predicted molar refractivity (Wildman–Crippen MR) is 155 cm³/mol. The lowest BCUT2D eigenvalue weighted by Crippen LogP contribution is -2.21. The Labute approximate surface area is 243 Å². The van der Waals surface area contributed by atoms with Crippen LogP contribution in [0, 0.1) is 17.1 Å². The summed E-state index contributed by atoms with van der Waals surface area (Å²) in [5, 5.41) is 11.0. The summed E-state index contributed by atoms with van der Waals surface area (Å²) in [6, 6.07) is 28.0. The van der Waals surface area contributed by atoms with Crippen LogP contribution in [0.15, 0.2) is 102 Å². The van der Waals surface area contributed by atoms with E-state index in [2.05, 4.69) is 6.07 Å². The largest absolute Gasteiger partial charge is 0.489 e. The van der Waals surface area contributed by atoms with Crippen LogP contribution >= 0.6 is 22.9 Å². The van der Waals surface area contributed by atoms with Crippen molar-refractivity contribution >= 4 is 39.0 Å². The zero-order valence-corrected chi connectivity index (χ0v) is 22.8. The van der Waals surface area contributed by atoms with Crippen LogP contribution in [-0.4, -0.2) is 5.97 Å². The van der Waals surface area contributed by atoms with E-state index in [9.17, 15) is 14.4 Å². The molecule has 9 heteroatoms. The van der Waals surface area contributed by atoms with Gasteiger partial charge in [-0.2, -0.15) is 5.26 Å². The first-order valence-corrected chi connectivity index (χ1v) is 13.7. The zero-order valence-electron chi connectivity index (χ0n) is 21.3. The maximum Gasteiger partial charge on any atom is 0.355 e. The number of nitriles is 1. The second-order valence-corrected chi connectivity index (χ2v) is 10.7. The van der Waals surface area contributed by atoms with Gasteiger partial charge in [-0.05, 0) is 47.5 Å². The molecule has 0 radical (unpaired) electrons. The SMILES string of the molecule is N#CC1=C(N)Oc2cc(OC(=O)c3sc4ccccc4c3Cl)ccc2C1c1ccc(OCc2ccc(F)cc2)cc1. The third kappa shape index (κ3) is 5.21. The van der Waals surface area contributed by atoms with Gasteiger partial charge in [-0.25, -0.2) is 9.18 Å². The molecule has 0 fully saturated rings. The summed E-state index contributed by atoms with van der Waals surface area (Å²) in [4.78, 5) is 13.3. The van der Waals surface area contributed by atoms with Gasteiger partial charge in [0.15, 0.2) is 0 Å². The maximum absolute atomic E-state index is 13.2. The fraction of sp³-hybridized carbons (Fsp3) is 0.0625. The van der Waals surface area contributed by atoms with Crippen LogP contribution in [-0.2, 0) is 6.61 Å². The number of hydrogen-bond acceptors (Lipinski definition) is 7. The van der Waals surface area contributed by atoms with Gasteiger partial charge in [0.25, 0.3) is 0 Å². The van der Waals surface area contributed by atoms with Gasteiger partial charge in [0, 0.05) is 21.7 Å². The quantitative estimate of drug-likeness (QED) is 0.163. The van der Waals surface area contributed by atoms with Crippen molar-refractivity contribution in [3.8, 4) is 23.3 Å². The van der Waals surface area contributed by atoms with Gasteiger partial charge in [0.05, 0.1) is 10.9 Å². The molecule has 5 aromatic rings. The number of nitrogens with two attached hydrogens (primary N) is 1. The van der Waals surface area contributed by atoms with E-state index in [0.29, 0.717) is 27.0 Å². The third-order valence-electron chi connectivity index (χ3n) is 6.65. The molecule has 2 heterocycles. The Balaban J connectivity index is 1.24. The minimum Gasteiger partial charge on any atom is -0.489 e. The summed E-state index contributed by atoms with van der Waals surface area (Å²) in [6.07, 6.45) is 0. The van der Waals surface area contributed by atoms with Crippen molar-refractivity contribution in [1.29, 1.82) is 5.26 Å². The first kappa shape index (κ1) is 26.4. The number of allylic oxidation sites excluding steroid dienone is 1. The minimum atomic E-state index is -0.582. The Bertz CT molecular complexity index is 1860. The third-order valence-corrected chi connectivity index (χ3v) is 8.31. The van der Waals surface area contributed by atoms with E-state index in [1.54, 1.807) is 42.5 Å². The lowest BCUT2D eigenvalue weighted by atomic mass is 9.83. The van der Waals surface area contributed by atoms with Gasteiger partial charge < -0.3 is 19.9 Å². The van der Waals surface area contributed by atoms with Crippen LogP contribution in [0.2, 0.25) is 5.02 Å². The number of esters is 1. The van der Waals surface area contributed by atoms with Crippen LogP contribution in [0.3, 0.4) is 0 Å². The van der Waals surface area contributed by atoms with Crippen molar-refractivity contribution < 1.29 is 23.4 Å². The van der Waals surface area contributed by atoms with Gasteiger partial charge in [-0.3, -0.25) is 0 Å². The van der Waals surface area contributed by atoms with Crippen molar-refractivity contribution in [3.05, 3.63) is 135 Å². The molecule has 0 saturated carbocycles. The fourth-order valence-corrected chi connectivity index (χ4v) is 6.03. The standard InChI is InChI=1S/C32H20ClFN2O4S/c33-29-24-3-1-2-4-27(24)41-30(29)32(37)39-22-13-14-23-26(15-22)40-31(36)25(16-35)28(23)19-7-11-21(12-8-19)38-17-18-5-9-20(34)10-6-18/h1-15,28H,17,36H2. The Morgan fingerprint density at radius 1 is 1.02 bits per heavy atom. The monoisotopic (exact) mass is 582 g/mol. The number of fused-ring (bicyclic) bond motifs is 2. The molecule has 6 nitrogen and oxygen atoms in total. The number of carbonyl (C=O) groups excluding carboxylic acids is 1.